The number of hydrogen-bond donors (Lipinski definition) is 1. The number of amides is 1. The van der Waals surface area contributed by atoms with Gasteiger partial charge in [0.05, 0.1) is 0 Å². The first-order valence-electron chi connectivity index (χ1n) is 6.83. The first-order chi connectivity index (χ1) is 8.27. The van der Waals surface area contributed by atoms with E-state index in [4.69, 9.17) is 10.5 Å². The monoisotopic (exact) mass is 242 g/mol. The molecule has 1 saturated heterocycles. The second-order valence-corrected chi connectivity index (χ2v) is 4.70. The molecule has 0 aliphatic carbocycles. The summed E-state index contributed by atoms with van der Waals surface area (Å²) < 4.78 is 5.24. The number of ether oxygens (including phenoxy) is 1. The van der Waals surface area contributed by atoms with Gasteiger partial charge in [0.1, 0.15) is 0 Å². The zero-order chi connectivity index (χ0) is 12.5. The third-order valence-corrected chi connectivity index (χ3v) is 3.43. The molecule has 0 saturated carbocycles. The van der Waals surface area contributed by atoms with Gasteiger partial charge in [-0.2, -0.15) is 0 Å². The van der Waals surface area contributed by atoms with Crippen molar-refractivity contribution in [1.82, 2.24) is 4.90 Å². The highest BCUT2D eigenvalue weighted by Gasteiger charge is 2.21. The van der Waals surface area contributed by atoms with Crippen LogP contribution in [0.1, 0.15) is 39.0 Å². The number of rotatable bonds is 7. The van der Waals surface area contributed by atoms with Gasteiger partial charge in [0.15, 0.2) is 0 Å². The molecule has 1 fully saturated rings. The zero-order valence-corrected chi connectivity index (χ0v) is 11.0. The van der Waals surface area contributed by atoms with Gasteiger partial charge in [0.25, 0.3) is 0 Å². The van der Waals surface area contributed by atoms with E-state index in [0.29, 0.717) is 13.0 Å². The van der Waals surface area contributed by atoms with Crippen molar-refractivity contribution in [2.24, 2.45) is 11.7 Å². The van der Waals surface area contributed by atoms with E-state index < -0.39 is 0 Å². The van der Waals surface area contributed by atoms with Crippen LogP contribution in [-0.2, 0) is 9.53 Å². The van der Waals surface area contributed by atoms with E-state index in [1.165, 1.54) is 0 Å². The van der Waals surface area contributed by atoms with Crippen LogP contribution in [0.4, 0.5) is 0 Å². The van der Waals surface area contributed by atoms with Gasteiger partial charge in [-0.05, 0) is 45.1 Å². The summed E-state index contributed by atoms with van der Waals surface area (Å²) in [5.41, 5.74) is 5.55. The number of carbonyl (C=O) groups excluding carboxylic acids is 1. The molecule has 1 amide bonds. The maximum Gasteiger partial charge on any atom is 0.222 e. The molecule has 0 aromatic rings. The lowest BCUT2D eigenvalue weighted by Gasteiger charge is -2.32. The highest BCUT2D eigenvalue weighted by atomic mass is 16.5. The summed E-state index contributed by atoms with van der Waals surface area (Å²) in [6.07, 6.45) is 4.81. The van der Waals surface area contributed by atoms with Crippen LogP contribution in [-0.4, -0.2) is 43.7 Å². The van der Waals surface area contributed by atoms with Gasteiger partial charge in [-0.3, -0.25) is 4.79 Å². The summed E-state index contributed by atoms with van der Waals surface area (Å²) in [7, 11) is 0. The number of nitrogens with two attached hydrogens (primary N) is 1. The molecule has 2 N–H and O–H groups in total. The Balaban J connectivity index is 2.12. The molecule has 1 aliphatic heterocycles. The molecule has 0 bridgehead atoms. The van der Waals surface area contributed by atoms with Crippen LogP contribution in [0.25, 0.3) is 0 Å². The largest absolute Gasteiger partial charge is 0.382 e. The summed E-state index contributed by atoms with van der Waals surface area (Å²) in [5.74, 6) is 1.02. The molecule has 0 aromatic heterocycles. The minimum absolute atomic E-state index is 0.288. The molecule has 0 unspecified atom stereocenters. The van der Waals surface area contributed by atoms with Crippen molar-refractivity contribution < 1.29 is 9.53 Å². The lowest BCUT2D eigenvalue weighted by molar-refractivity contribution is -0.132. The Hall–Kier alpha value is -0.610. The van der Waals surface area contributed by atoms with Crippen molar-refractivity contribution in [2.75, 3.05) is 32.8 Å². The van der Waals surface area contributed by atoms with Gasteiger partial charge in [0.2, 0.25) is 5.91 Å². The summed E-state index contributed by atoms with van der Waals surface area (Å²) in [6, 6.07) is 0. The Morgan fingerprint density at radius 3 is 2.71 bits per heavy atom. The molecule has 17 heavy (non-hydrogen) atoms. The Kier molecular flexibility index (Phi) is 7.21. The lowest BCUT2D eigenvalue weighted by atomic mass is 9.93. The van der Waals surface area contributed by atoms with Crippen molar-refractivity contribution in [3.63, 3.8) is 0 Å². The van der Waals surface area contributed by atoms with Crippen LogP contribution in [0.3, 0.4) is 0 Å². The normalized spacial score (nSPS) is 17.4. The standard InChI is InChI=1S/C13H26N2O2/c1-2-17-11-3-4-13(16)15-9-6-12(5-8-14)7-10-15/h12H,2-11,14H2,1H3. The van der Waals surface area contributed by atoms with E-state index in [-0.39, 0.29) is 5.91 Å². The number of nitrogens with zero attached hydrogens (tertiary/aromatic N) is 1. The Morgan fingerprint density at radius 2 is 2.12 bits per heavy atom. The van der Waals surface area contributed by atoms with Crippen molar-refractivity contribution in [2.45, 2.75) is 39.0 Å². The molecule has 4 heteroatoms. The van der Waals surface area contributed by atoms with E-state index in [9.17, 15) is 4.79 Å². The first kappa shape index (κ1) is 14.5. The summed E-state index contributed by atoms with van der Waals surface area (Å²) in [4.78, 5) is 13.9. The van der Waals surface area contributed by atoms with E-state index in [2.05, 4.69) is 0 Å². The predicted molar refractivity (Wildman–Crippen MR) is 68.7 cm³/mol. The maximum absolute atomic E-state index is 11.9. The highest BCUT2D eigenvalue weighted by molar-refractivity contribution is 5.76. The zero-order valence-electron chi connectivity index (χ0n) is 11.0. The predicted octanol–water partition coefficient (Wildman–Crippen LogP) is 1.39. The molecule has 1 heterocycles. The van der Waals surface area contributed by atoms with Gasteiger partial charge in [-0.15, -0.1) is 0 Å². The molecule has 100 valence electrons. The highest BCUT2D eigenvalue weighted by Crippen LogP contribution is 2.20. The average Bonchev–Trinajstić information content (AvgIpc) is 2.36. The molecular formula is C13H26N2O2. The van der Waals surface area contributed by atoms with Gasteiger partial charge in [-0.1, -0.05) is 0 Å². The van der Waals surface area contributed by atoms with E-state index in [0.717, 1.165) is 57.8 Å². The fraction of sp³-hybridized carbons (Fsp3) is 0.923. The Morgan fingerprint density at radius 1 is 1.41 bits per heavy atom. The molecule has 1 aliphatic rings. The van der Waals surface area contributed by atoms with Gasteiger partial charge < -0.3 is 15.4 Å². The number of hydrogen-bond acceptors (Lipinski definition) is 3. The molecule has 4 nitrogen and oxygen atoms in total. The fourth-order valence-corrected chi connectivity index (χ4v) is 2.33. The van der Waals surface area contributed by atoms with E-state index in [1.807, 2.05) is 11.8 Å². The molecule has 0 atom stereocenters. The minimum Gasteiger partial charge on any atom is -0.382 e. The third-order valence-electron chi connectivity index (χ3n) is 3.43. The average molecular weight is 242 g/mol. The van der Waals surface area contributed by atoms with Crippen LogP contribution in [0.5, 0.6) is 0 Å². The smallest absolute Gasteiger partial charge is 0.222 e. The van der Waals surface area contributed by atoms with E-state index in [1.54, 1.807) is 0 Å². The minimum atomic E-state index is 0.288. The number of likely N-dealkylation sites (tertiary alicyclic amines) is 1. The van der Waals surface area contributed by atoms with Crippen LogP contribution < -0.4 is 5.73 Å². The second-order valence-electron chi connectivity index (χ2n) is 4.70. The molecule has 0 radical (unpaired) electrons. The Bertz CT molecular complexity index is 213. The SMILES string of the molecule is CCOCCCC(=O)N1CCC(CCN)CC1. The van der Waals surface area contributed by atoms with Gasteiger partial charge in [0, 0.05) is 32.7 Å². The summed E-state index contributed by atoms with van der Waals surface area (Å²) in [6.45, 7) is 6.01. The van der Waals surface area contributed by atoms with Crippen LogP contribution >= 0.6 is 0 Å². The molecular weight excluding hydrogens is 216 g/mol. The maximum atomic E-state index is 11.9. The van der Waals surface area contributed by atoms with Crippen LogP contribution in [0.15, 0.2) is 0 Å². The summed E-state index contributed by atoms with van der Waals surface area (Å²) >= 11 is 0. The lowest BCUT2D eigenvalue weighted by Crippen LogP contribution is -2.38. The number of piperidine rings is 1. The number of carbonyl (C=O) groups is 1. The van der Waals surface area contributed by atoms with Gasteiger partial charge >= 0.3 is 0 Å². The van der Waals surface area contributed by atoms with Crippen molar-refractivity contribution >= 4 is 5.91 Å². The quantitative estimate of drug-likeness (QED) is 0.686. The van der Waals surface area contributed by atoms with Crippen molar-refractivity contribution in [3.8, 4) is 0 Å². The second kappa shape index (κ2) is 8.48. The molecule has 0 spiro atoms. The summed E-state index contributed by atoms with van der Waals surface area (Å²) in [5, 5.41) is 0. The van der Waals surface area contributed by atoms with Crippen LogP contribution in [0, 0.1) is 5.92 Å². The fourth-order valence-electron chi connectivity index (χ4n) is 2.33. The topological polar surface area (TPSA) is 55.6 Å². The molecule has 1 rings (SSSR count). The first-order valence-corrected chi connectivity index (χ1v) is 6.83. The van der Waals surface area contributed by atoms with E-state index >= 15 is 0 Å². The van der Waals surface area contributed by atoms with Crippen molar-refractivity contribution in [3.05, 3.63) is 0 Å². The molecule has 0 aromatic carbocycles. The van der Waals surface area contributed by atoms with Gasteiger partial charge in [-0.25, -0.2) is 0 Å². The third kappa shape index (κ3) is 5.50. The Labute approximate surface area is 104 Å². The van der Waals surface area contributed by atoms with Crippen LogP contribution in [0.2, 0.25) is 0 Å². The van der Waals surface area contributed by atoms with Crippen molar-refractivity contribution in [1.29, 1.82) is 0 Å².